The van der Waals surface area contributed by atoms with Crippen molar-refractivity contribution >= 4 is 11.9 Å². The van der Waals surface area contributed by atoms with E-state index in [1.165, 1.54) is 25.5 Å². The number of rotatable bonds is 6. The predicted octanol–water partition coefficient (Wildman–Crippen LogP) is 1.67. The molecule has 0 unspecified atom stereocenters. The molecule has 1 spiro atoms. The molecular formula is C19H30N4O3. The average Bonchev–Trinajstić information content (AvgIpc) is 3.09. The molecule has 0 radical (unpaired) electrons. The fourth-order valence-corrected chi connectivity index (χ4v) is 4.35. The molecule has 0 N–H and O–H groups in total. The maximum absolute atomic E-state index is 12.0. The van der Waals surface area contributed by atoms with E-state index in [1.807, 2.05) is 22.0 Å². The minimum atomic E-state index is -0.215. The summed E-state index contributed by atoms with van der Waals surface area (Å²) in [6, 6.07) is 0. The van der Waals surface area contributed by atoms with Gasteiger partial charge < -0.3 is 9.64 Å². The van der Waals surface area contributed by atoms with Crippen molar-refractivity contribution in [2.24, 2.45) is 5.41 Å². The topological polar surface area (TPSA) is 67.7 Å². The molecule has 144 valence electrons. The lowest BCUT2D eigenvalue weighted by Crippen LogP contribution is -2.53. The van der Waals surface area contributed by atoms with Gasteiger partial charge in [-0.25, -0.2) is 0 Å². The van der Waals surface area contributed by atoms with Crippen LogP contribution in [0.15, 0.2) is 12.4 Å². The zero-order chi connectivity index (χ0) is 18.6. The number of aryl methyl sites for hydroxylation is 1. The fraction of sp³-hybridized carbons (Fsp3) is 0.737. The summed E-state index contributed by atoms with van der Waals surface area (Å²) in [5, 5.41) is 4.36. The van der Waals surface area contributed by atoms with E-state index in [2.05, 4.69) is 21.7 Å². The number of nitrogens with zero attached hydrogens (tertiary/aromatic N) is 4. The lowest BCUT2D eigenvalue weighted by atomic mass is 9.73. The van der Waals surface area contributed by atoms with Crippen LogP contribution in [0, 0.1) is 5.41 Å². The summed E-state index contributed by atoms with van der Waals surface area (Å²) in [7, 11) is 1.40. The summed E-state index contributed by atoms with van der Waals surface area (Å²) in [5.41, 5.74) is 1.43. The van der Waals surface area contributed by atoms with Gasteiger partial charge in [0.25, 0.3) is 0 Å². The Labute approximate surface area is 155 Å². The highest BCUT2D eigenvalue weighted by molar-refractivity contribution is 5.77. The third-order valence-corrected chi connectivity index (χ3v) is 5.74. The van der Waals surface area contributed by atoms with Gasteiger partial charge in [0.15, 0.2) is 0 Å². The zero-order valence-corrected chi connectivity index (χ0v) is 15.9. The molecule has 1 amide bonds. The number of hydrogen-bond donors (Lipinski definition) is 0. The second-order valence-corrected chi connectivity index (χ2v) is 7.66. The minimum Gasteiger partial charge on any atom is -0.469 e. The van der Waals surface area contributed by atoms with Crippen LogP contribution in [-0.2, 0) is 27.4 Å². The van der Waals surface area contributed by atoms with Crippen molar-refractivity contribution < 1.29 is 14.3 Å². The Morgan fingerprint density at radius 1 is 1.35 bits per heavy atom. The Morgan fingerprint density at radius 3 is 2.96 bits per heavy atom. The van der Waals surface area contributed by atoms with Crippen molar-refractivity contribution in [1.82, 2.24) is 19.6 Å². The molecule has 2 saturated heterocycles. The van der Waals surface area contributed by atoms with E-state index in [0.717, 1.165) is 39.1 Å². The molecule has 3 heterocycles. The molecule has 3 rings (SSSR count). The van der Waals surface area contributed by atoms with Crippen LogP contribution >= 0.6 is 0 Å². The normalized spacial score (nSPS) is 24.2. The molecule has 0 saturated carbocycles. The second kappa shape index (κ2) is 8.20. The van der Waals surface area contributed by atoms with Crippen LogP contribution in [0.5, 0.6) is 0 Å². The van der Waals surface area contributed by atoms with Gasteiger partial charge in [0.2, 0.25) is 5.91 Å². The van der Waals surface area contributed by atoms with E-state index in [-0.39, 0.29) is 11.4 Å². The number of aromatic nitrogens is 2. The number of likely N-dealkylation sites (tertiary alicyclic amines) is 2. The summed E-state index contributed by atoms with van der Waals surface area (Å²) in [6.45, 7) is 7.34. The van der Waals surface area contributed by atoms with Gasteiger partial charge in [-0.15, -0.1) is 0 Å². The highest BCUT2D eigenvalue weighted by Crippen LogP contribution is 2.39. The van der Waals surface area contributed by atoms with E-state index >= 15 is 0 Å². The smallest absolute Gasteiger partial charge is 0.307 e. The molecule has 1 aromatic heterocycles. The lowest BCUT2D eigenvalue weighted by molar-refractivity contribution is -0.141. The highest BCUT2D eigenvalue weighted by atomic mass is 16.5. The molecule has 2 fully saturated rings. The van der Waals surface area contributed by atoms with Crippen molar-refractivity contribution in [3.05, 3.63) is 18.0 Å². The fourth-order valence-electron chi connectivity index (χ4n) is 4.35. The summed E-state index contributed by atoms with van der Waals surface area (Å²) in [4.78, 5) is 27.8. The lowest BCUT2D eigenvalue weighted by Gasteiger charge is -2.48. The minimum absolute atomic E-state index is 0.215. The number of methoxy groups -OCH3 is 1. The zero-order valence-electron chi connectivity index (χ0n) is 15.9. The molecule has 1 aromatic rings. The Morgan fingerprint density at radius 2 is 2.19 bits per heavy atom. The predicted molar refractivity (Wildman–Crippen MR) is 97.3 cm³/mol. The van der Waals surface area contributed by atoms with Crippen molar-refractivity contribution in [1.29, 1.82) is 0 Å². The molecule has 26 heavy (non-hydrogen) atoms. The number of piperidine rings is 2. The third-order valence-electron chi connectivity index (χ3n) is 5.74. The van der Waals surface area contributed by atoms with Gasteiger partial charge in [0, 0.05) is 49.8 Å². The SMILES string of the molecule is CCN1C[C@]2(CCCN(Cc3cnn(CCC(=O)OC)c3)C2)CCC1=O. The summed E-state index contributed by atoms with van der Waals surface area (Å²) in [5.74, 6) is 0.0921. The number of hydrogen-bond acceptors (Lipinski definition) is 5. The molecule has 0 bridgehead atoms. The number of carbonyl (C=O) groups is 2. The van der Waals surface area contributed by atoms with Gasteiger partial charge in [0.05, 0.1) is 26.3 Å². The van der Waals surface area contributed by atoms with Crippen molar-refractivity contribution in [3.63, 3.8) is 0 Å². The number of ether oxygens (including phenoxy) is 1. The number of amides is 1. The Hall–Kier alpha value is -1.89. The highest BCUT2D eigenvalue weighted by Gasteiger charge is 2.41. The second-order valence-electron chi connectivity index (χ2n) is 7.66. The van der Waals surface area contributed by atoms with Crippen molar-refractivity contribution in [2.45, 2.75) is 52.1 Å². The molecule has 1 atom stereocenters. The van der Waals surface area contributed by atoms with Gasteiger partial charge in [-0.3, -0.25) is 19.2 Å². The largest absolute Gasteiger partial charge is 0.469 e. The number of esters is 1. The quantitative estimate of drug-likeness (QED) is 0.720. The van der Waals surface area contributed by atoms with Gasteiger partial charge >= 0.3 is 5.97 Å². The van der Waals surface area contributed by atoms with E-state index in [4.69, 9.17) is 0 Å². The molecule has 0 aromatic carbocycles. The van der Waals surface area contributed by atoms with E-state index in [1.54, 1.807) is 0 Å². The van der Waals surface area contributed by atoms with Crippen LogP contribution in [0.25, 0.3) is 0 Å². The van der Waals surface area contributed by atoms with Gasteiger partial charge in [0.1, 0.15) is 0 Å². The molecule has 0 aliphatic carbocycles. The monoisotopic (exact) mass is 362 g/mol. The van der Waals surface area contributed by atoms with E-state index in [0.29, 0.717) is 25.3 Å². The van der Waals surface area contributed by atoms with Crippen LogP contribution in [0.2, 0.25) is 0 Å². The molecular weight excluding hydrogens is 332 g/mol. The molecule has 7 heteroatoms. The summed E-state index contributed by atoms with van der Waals surface area (Å²) < 4.78 is 6.48. The van der Waals surface area contributed by atoms with E-state index < -0.39 is 0 Å². The first-order chi connectivity index (χ1) is 12.5. The first kappa shape index (κ1) is 18.9. The van der Waals surface area contributed by atoms with Crippen LogP contribution in [0.3, 0.4) is 0 Å². The Bertz CT molecular complexity index is 644. The molecule has 2 aliphatic heterocycles. The standard InChI is InChI=1S/C19H30N4O3/c1-3-22-15-19(8-5-17(22)24)7-4-9-21(14-19)12-16-11-20-23(13-16)10-6-18(25)26-2/h11,13H,3-10,12,14-15H2,1-2H3/t19-/m1/s1. The third kappa shape index (κ3) is 4.44. The van der Waals surface area contributed by atoms with Crippen LogP contribution < -0.4 is 0 Å². The van der Waals surface area contributed by atoms with Crippen LogP contribution in [-0.4, -0.2) is 64.7 Å². The summed E-state index contributed by atoms with van der Waals surface area (Å²) >= 11 is 0. The van der Waals surface area contributed by atoms with Crippen molar-refractivity contribution in [2.75, 3.05) is 33.3 Å². The average molecular weight is 362 g/mol. The molecule has 7 nitrogen and oxygen atoms in total. The molecule has 2 aliphatic rings. The maximum Gasteiger partial charge on any atom is 0.307 e. The van der Waals surface area contributed by atoms with Gasteiger partial charge in [-0.05, 0) is 32.7 Å². The Kier molecular flexibility index (Phi) is 5.96. The van der Waals surface area contributed by atoms with Crippen LogP contribution in [0.4, 0.5) is 0 Å². The van der Waals surface area contributed by atoms with Crippen molar-refractivity contribution in [3.8, 4) is 0 Å². The van der Waals surface area contributed by atoms with Gasteiger partial charge in [-0.2, -0.15) is 5.10 Å². The Balaban J connectivity index is 1.56. The maximum atomic E-state index is 12.0. The first-order valence-electron chi connectivity index (χ1n) is 9.62. The van der Waals surface area contributed by atoms with Crippen LogP contribution in [0.1, 0.15) is 44.6 Å². The van der Waals surface area contributed by atoms with E-state index in [9.17, 15) is 9.59 Å². The summed E-state index contributed by atoms with van der Waals surface area (Å²) in [6.07, 6.45) is 8.35. The first-order valence-corrected chi connectivity index (χ1v) is 9.62. The number of carbonyl (C=O) groups excluding carboxylic acids is 2. The van der Waals surface area contributed by atoms with Gasteiger partial charge in [-0.1, -0.05) is 0 Å².